The number of rotatable bonds is 5. The molecule has 0 unspecified atom stereocenters. The highest BCUT2D eigenvalue weighted by Crippen LogP contribution is 2.21. The smallest absolute Gasteiger partial charge is 0.407 e. The van der Waals surface area contributed by atoms with E-state index in [1.165, 1.54) is 12.1 Å². The number of carbonyl (C=O) groups excluding carboxylic acids is 1. The summed E-state index contributed by atoms with van der Waals surface area (Å²) in [6.45, 7) is 6.00. The van der Waals surface area contributed by atoms with Gasteiger partial charge < -0.3 is 10.1 Å². The number of hydrogen-bond acceptors (Lipinski definition) is 3. The van der Waals surface area contributed by atoms with Gasteiger partial charge in [-0.05, 0) is 62.6 Å². The summed E-state index contributed by atoms with van der Waals surface area (Å²) in [7, 11) is 0. The van der Waals surface area contributed by atoms with Crippen molar-refractivity contribution in [2.24, 2.45) is 0 Å². The van der Waals surface area contributed by atoms with E-state index in [-0.39, 0.29) is 5.82 Å². The van der Waals surface area contributed by atoms with Crippen LogP contribution in [0.15, 0.2) is 60.9 Å². The molecular formula is C22H24FN3O2. The van der Waals surface area contributed by atoms with E-state index in [0.717, 1.165) is 22.4 Å². The maximum atomic E-state index is 13.1. The molecule has 3 rings (SSSR count). The van der Waals surface area contributed by atoms with Gasteiger partial charge in [-0.1, -0.05) is 24.3 Å². The molecule has 2 aromatic carbocycles. The molecule has 5 nitrogen and oxygen atoms in total. The van der Waals surface area contributed by atoms with Crippen molar-refractivity contribution in [3.63, 3.8) is 0 Å². The largest absolute Gasteiger partial charge is 0.444 e. The van der Waals surface area contributed by atoms with Crippen LogP contribution in [0.2, 0.25) is 0 Å². The van der Waals surface area contributed by atoms with E-state index in [0.29, 0.717) is 13.0 Å². The fourth-order valence-corrected chi connectivity index (χ4v) is 2.74. The van der Waals surface area contributed by atoms with Gasteiger partial charge in [-0.3, -0.25) is 0 Å². The molecule has 1 N–H and O–H groups in total. The van der Waals surface area contributed by atoms with Crippen LogP contribution in [0.3, 0.4) is 0 Å². The highest BCUT2D eigenvalue weighted by molar-refractivity contribution is 5.67. The number of hydrogen-bond donors (Lipinski definition) is 1. The lowest BCUT2D eigenvalue weighted by molar-refractivity contribution is 0.0528. The molecule has 0 aliphatic heterocycles. The average Bonchev–Trinajstić information content (AvgIpc) is 3.11. The van der Waals surface area contributed by atoms with Crippen molar-refractivity contribution in [3.8, 4) is 16.8 Å². The van der Waals surface area contributed by atoms with Crippen molar-refractivity contribution in [2.75, 3.05) is 6.54 Å². The second-order valence-corrected chi connectivity index (χ2v) is 7.53. The summed E-state index contributed by atoms with van der Waals surface area (Å²) < 4.78 is 20.0. The molecule has 0 spiro atoms. The molecule has 28 heavy (non-hydrogen) atoms. The summed E-state index contributed by atoms with van der Waals surface area (Å²) in [6.07, 6.45) is 3.97. The minimum absolute atomic E-state index is 0.274. The standard InChI is InChI=1S/C22H24FN3O2/c1-22(2,3)28-21(27)24-12-11-16-5-4-6-17(13-16)18-14-25-26(15-18)20-9-7-19(23)8-10-20/h4-10,13-15H,11-12H2,1-3H3,(H,24,27). The highest BCUT2D eigenvalue weighted by atomic mass is 19.1. The maximum absolute atomic E-state index is 13.1. The summed E-state index contributed by atoms with van der Waals surface area (Å²) in [4.78, 5) is 11.7. The molecule has 3 aromatic rings. The van der Waals surface area contributed by atoms with E-state index in [1.54, 1.807) is 23.0 Å². The fourth-order valence-electron chi connectivity index (χ4n) is 2.74. The zero-order valence-corrected chi connectivity index (χ0v) is 16.3. The number of nitrogens with one attached hydrogen (secondary N) is 1. The van der Waals surface area contributed by atoms with Crippen molar-refractivity contribution >= 4 is 6.09 Å². The summed E-state index contributed by atoms with van der Waals surface area (Å²) in [6, 6.07) is 14.3. The van der Waals surface area contributed by atoms with Crippen LogP contribution in [-0.4, -0.2) is 28.0 Å². The van der Waals surface area contributed by atoms with Gasteiger partial charge in [0.2, 0.25) is 0 Å². The van der Waals surface area contributed by atoms with Crippen LogP contribution in [0.4, 0.5) is 9.18 Å². The predicted octanol–water partition coefficient (Wildman–Crippen LogP) is 4.75. The molecule has 0 aliphatic rings. The fraction of sp³-hybridized carbons (Fsp3) is 0.273. The first kappa shape index (κ1) is 19.6. The normalized spacial score (nSPS) is 11.3. The number of alkyl carbamates (subject to hydrolysis) is 1. The first-order valence-corrected chi connectivity index (χ1v) is 9.17. The zero-order chi connectivity index (χ0) is 20.1. The van der Waals surface area contributed by atoms with Crippen LogP contribution in [-0.2, 0) is 11.2 Å². The Morgan fingerprint density at radius 3 is 2.61 bits per heavy atom. The van der Waals surface area contributed by atoms with Gasteiger partial charge >= 0.3 is 6.09 Å². The molecule has 0 aliphatic carbocycles. The van der Waals surface area contributed by atoms with E-state index in [4.69, 9.17) is 4.74 Å². The topological polar surface area (TPSA) is 56.1 Å². The van der Waals surface area contributed by atoms with Crippen molar-refractivity contribution in [3.05, 3.63) is 72.3 Å². The molecule has 146 valence electrons. The Bertz CT molecular complexity index is 943. The van der Waals surface area contributed by atoms with Gasteiger partial charge in [0.15, 0.2) is 0 Å². The van der Waals surface area contributed by atoms with Crippen LogP contribution in [0.5, 0.6) is 0 Å². The zero-order valence-electron chi connectivity index (χ0n) is 16.3. The lowest BCUT2D eigenvalue weighted by Crippen LogP contribution is -2.33. The van der Waals surface area contributed by atoms with Crippen molar-refractivity contribution in [1.29, 1.82) is 0 Å². The summed E-state index contributed by atoms with van der Waals surface area (Å²) in [5, 5.41) is 7.13. The highest BCUT2D eigenvalue weighted by Gasteiger charge is 2.15. The van der Waals surface area contributed by atoms with Crippen LogP contribution < -0.4 is 5.32 Å². The molecule has 0 bridgehead atoms. The molecule has 1 heterocycles. The van der Waals surface area contributed by atoms with E-state index >= 15 is 0 Å². The minimum atomic E-state index is -0.505. The molecule has 1 amide bonds. The first-order chi connectivity index (χ1) is 13.3. The van der Waals surface area contributed by atoms with E-state index < -0.39 is 11.7 Å². The Morgan fingerprint density at radius 1 is 1.14 bits per heavy atom. The molecule has 0 saturated carbocycles. The maximum Gasteiger partial charge on any atom is 0.407 e. The van der Waals surface area contributed by atoms with Crippen LogP contribution in [0.1, 0.15) is 26.3 Å². The Morgan fingerprint density at radius 2 is 1.89 bits per heavy atom. The average molecular weight is 381 g/mol. The number of aromatic nitrogens is 2. The van der Waals surface area contributed by atoms with Crippen LogP contribution in [0, 0.1) is 5.82 Å². The van der Waals surface area contributed by atoms with Crippen molar-refractivity contribution in [1.82, 2.24) is 15.1 Å². The Labute approximate surface area is 164 Å². The van der Waals surface area contributed by atoms with Gasteiger partial charge in [0.1, 0.15) is 11.4 Å². The lowest BCUT2D eigenvalue weighted by atomic mass is 10.0. The molecule has 0 atom stereocenters. The first-order valence-electron chi connectivity index (χ1n) is 9.17. The van der Waals surface area contributed by atoms with Crippen LogP contribution >= 0.6 is 0 Å². The van der Waals surface area contributed by atoms with Gasteiger partial charge in [0, 0.05) is 18.3 Å². The van der Waals surface area contributed by atoms with Crippen molar-refractivity contribution < 1.29 is 13.9 Å². The van der Waals surface area contributed by atoms with E-state index in [1.807, 2.05) is 45.2 Å². The second kappa shape index (κ2) is 8.25. The Kier molecular flexibility index (Phi) is 5.78. The summed E-state index contributed by atoms with van der Waals surface area (Å²) in [5.74, 6) is -0.274. The number of nitrogens with zero attached hydrogens (tertiary/aromatic N) is 2. The summed E-state index contributed by atoms with van der Waals surface area (Å²) >= 11 is 0. The molecule has 0 fully saturated rings. The molecule has 1 aromatic heterocycles. The van der Waals surface area contributed by atoms with E-state index in [2.05, 4.69) is 16.5 Å². The molecule has 0 saturated heterocycles. The third-order valence-corrected chi connectivity index (χ3v) is 4.02. The van der Waals surface area contributed by atoms with Gasteiger partial charge in [-0.15, -0.1) is 0 Å². The van der Waals surface area contributed by atoms with E-state index in [9.17, 15) is 9.18 Å². The molecule has 0 radical (unpaired) electrons. The number of benzene rings is 2. The number of carbonyl (C=O) groups is 1. The SMILES string of the molecule is CC(C)(C)OC(=O)NCCc1cccc(-c2cnn(-c3ccc(F)cc3)c2)c1. The third-order valence-electron chi connectivity index (χ3n) is 4.02. The lowest BCUT2D eigenvalue weighted by Gasteiger charge is -2.19. The number of ether oxygens (including phenoxy) is 1. The Hall–Kier alpha value is -3.15. The number of halogens is 1. The predicted molar refractivity (Wildman–Crippen MR) is 107 cm³/mol. The monoisotopic (exact) mass is 381 g/mol. The minimum Gasteiger partial charge on any atom is -0.444 e. The second-order valence-electron chi connectivity index (χ2n) is 7.53. The van der Waals surface area contributed by atoms with Gasteiger partial charge in [-0.25, -0.2) is 13.9 Å². The van der Waals surface area contributed by atoms with Crippen LogP contribution in [0.25, 0.3) is 16.8 Å². The number of amides is 1. The van der Waals surface area contributed by atoms with Gasteiger partial charge in [0.05, 0.1) is 11.9 Å². The third kappa shape index (κ3) is 5.42. The molecule has 6 heteroatoms. The Balaban J connectivity index is 1.63. The van der Waals surface area contributed by atoms with Gasteiger partial charge in [0.25, 0.3) is 0 Å². The quantitative estimate of drug-likeness (QED) is 0.694. The summed E-state index contributed by atoms with van der Waals surface area (Å²) in [5.41, 5.74) is 3.39. The molecular weight excluding hydrogens is 357 g/mol. The van der Waals surface area contributed by atoms with Crippen molar-refractivity contribution in [2.45, 2.75) is 32.8 Å². The van der Waals surface area contributed by atoms with Gasteiger partial charge in [-0.2, -0.15) is 5.10 Å².